The number of rotatable bonds is 7. The molecule has 0 saturated carbocycles. The van der Waals surface area contributed by atoms with Crippen molar-refractivity contribution in [1.82, 2.24) is 14.8 Å². The van der Waals surface area contributed by atoms with Crippen molar-refractivity contribution in [2.24, 2.45) is 7.05 Å². The number of non-ortho nitro benzene ring substituents is 1. The molecule has 1 aromatic heterocycles. The average molecular weight is 434 g/mol. The fourth-order valence-electron chi connectivity index (χ4n) is 2.47. The van der Waals surface area contributed by atoms with Gasteiger partial charge in [0.1, 0.15) is 5.75 Å². The van der Waals surface area contributed by atoms with Crippen LogP contribution in [0, 0.1) is 10.1 Å². The van der Waals surface area contributed by atoms with E-state index in [1.165, 1.54) is 30.0 Å². The summed E-state index contributed by atoms with van der Waals surface area (Å²) in [7, 11) is 3.40. The second-order valence-electron chi connectivity index (χ2n) is 5.85. The highest BCUT2D eigenvalue weighted by Crippen LogP contribution is 2.28. The zero-order valence-electron chi connectivity index (χ0n) is 15.5. The van der Waals surface area contributed by atoms with E-state index in [0.717, 1.165) is 11.3 Å². The molecule has 150 valence electrons. The van der Waals surface area contributed by atoms with Crippen molar-refractivity contribution in [1.29, 1.82) is 0 Å². The second kappa shape index (κ2) is 8.93. The normalized spacial score (nSPS) is 10.6. The number of nitro groups is 1. The van der Waals surface area contributed by atoms with Crippen molar-refractivity contribution < 1.29 is 14.5 Å². The zero-order valence-corrected chi connectivity index (χ0v) is 17.0. The minimum absolute atomic E-state index is 0.0353. The van der Waals surface area contributed by atoms with Gasteiger partial charge in [0.05, 0.1) is 28.5 Å². The standard InChI is InChI=1S/C18H16ClN5O4S/c1-23-17(11-3-6-13(28-2)7-4-11)21-22-18(23)29-10-16(25)20-15-9-12(24(26)27)5-8-14(15)19/h3-9H,10H2,1-2H3,(H,20,25). The van der Waals surface area contributed by atoms with Crippen LogP contribution < -0.4 is 10.1 Å². The van der Waals surface area contributed by atoms with Crippen molar-refractivity contribution in [3.8, 4) is 17.1 Å². The summed E-state index contributed by atoms with van der Waals surface area (Å²) in [5.74, 6) is 1.05. The molecule has 2 aromatic carbocycles. The Bertz CT molecular complexity index is 1050. The number of nitro benzene ring substituents is 1. The number of nitrogens with one attached hydrogen (secondary N) is 1. The molecule has 1 heterocycles. The lowest BCUT2D eigenvalue weighted by Gasteiger charge is -2.07. The lowest BCUT2D eigenvalue weighted by molar-refractivity contribution is -0.384. The number of carbonyl (C=O) groups is 1. The van der Waals surface area contributed by atoms with Crippen LogP contribution in [-0.4, -0.2) is 38.5 Å². The van der Waals surface area contributed by atoms with Crippen LogP contribution in [0.4, 0.5) is 11.4 Å². The molecule has 3 rings (SSSR count). The number of anilines is 1. The fourth-order valence-corrected chi connectivity index (χ4v) is 3.35. The zero-order chi connectivity index (χ0) is 21.0. The Labute approximate surface area is 175 Å². The van der Waals surface area contributed by atoms with Crippen LogP contribution in [0.15, 0.2) is 47.6 Å². The third-order valence-corrected chi connectivity index (χ3v) is 5.30. The monoisotopic (exact) mass is 433 g/mol. The number of aromatic nitrogens is 3. The summed E-state index contributed by atoms with van der Waals surface area (Å²) in [5.41, 5.74) is 0.888. The van der Waals surface area contributed by atoms with Crippen LogP contribution in [0.25, 0.3) is 11.4 Å². The number of amides is 1. The molecular weight excluding hydrogens is 418 g/mol. The molecule has 3 aromatic rings. The van der Waals surface area contributed by atoms with E-state index in [0.29, 0.717) is 11.0 Å². The summed E-state index contributed by atoms with van der Waals surface area (Å²) in [6, 6.07) is 11.2. The van der Waals surface area contributed by atoms with Crippen molar-refractivity contribution in [2.75, 3.05) is 18.2 Å². The van der Waals surface area contributed by atoms with E-state index in [9.17, 15) is 14.9 Å². The van der Waals surface area contributed by atoms with Crippen molar-refractivity contribution >= 4 is 40.6 Å². The number of ether oxygens (including phenoxy) is 1. The number of carbonyl (C=O) groups excluding carboxylic acids is 1. The molecular formula is C18H16ClN5O4S. The number of methoxy groups -OCH3 is 1. The number of nitrogens with zero attached hydrogens (tertiary/aromatic N) is 4. The lowest BCUT2D eigenvalue weighted by Crippen LogP contribution is -2.15. The minimum atomic E-state index is -0.555. The quantitative estimate of drug-likeness (QED) is 0.342. The third-order valence-electron chi connectivity index (χ3n) is 3.95. The van der Waals surface area contributed by atoms with Gasteiger partial charge < -0.3 is 14.6 Å². The number of hydrogen-bond donors (Lipinski definition) is 1. The Morgan fingerprint density at radius 1 is 1.28 bits per heavy atom. The van der Waals surface area contributed by atoms with Crippen molar-refractivity contribution in [3.63, 3.8) is 0 Å². The molecule has 0 spiro atoms. The number of benzene rings is 2. The molecule has 9 nitrogen and oxygen atoms in total. The first-order valence-corrected chi connectivity index (χ1v) is 9.66. The van der Waals surface area contributed by atoms with Gasteiger partial charge in [-0.15, -0.1) is 10.2 Å². The molecule has 1 N–H and O–H groups in total. The molecule has 0 radical (unpaired) electrons. The molecule has 0 aliphatic heterocycles. The van der Waals surface area contributed by atoms with Crippen LogP contribution >= 0.6 is 23.4 Å². The Balaban J connectivity index is 1.66. The van der Waals surface area contributed by atoms with E-state index in [1.54, 1.807) is 18.7 Å². The molecule has 1 amide bonds. The first-order chi connectivity index (χ1) is 13.9. The van der Waals surface area contributed by atoms with Gasteiger partial charge in [0.25, 0.3) is 5.69 Å². The van der Waals surface area contributed by atoms with Crippen LogP contribution in [0.1, 0.15) is 0 Å². The summed E-state index contributed by atoms with van der Waals surface area (Å²) in [6.07, 6.45) is 0. The van der Waals surface area contributed by atoms with Gasteiger partial charge in [0, 0.05) is 24.7 Å². The van der Waals surface area contributed by atoms with Crippen molar-refractivity contribution in [3.05, 3.63) is 57.6 Å². The summed E-state index contributed by atoms with van der Waals surface area (Å²) in [5, 5.41) is 22.5. The second-order valence-corrected chi connectivity index (χ2v) is 7.20. The number of hydrogen-bond acceptors (Lipinski definition) is 7. The van der Waals surface area contributed by atoms with Gasteiger partial charge in [0.2, 0.25) is 5.91 Å². The van der Waals surface area contributed by atoms with Gasteiger partial charge >= 0.3 is 0 Å². The van der Waals surface area contributed by atoms with Crippen LogP contribution in [0.3, 0.4) is 0 Å². The van der Waals surface area contributed by atoms with Gasteiger partial charge in [0.15, 0.2) is 11.0 Å². The average Bonchev–Trinajstić information content (AvgIpc) is 3.08. The first-order valence-electron chi connectivity index (χ1n) is 8.29. The first kappa shape index (κ1) is 20.6. The topological polar surface area (TPSA) is 112 Å². The van der Waals surface area contributed by atoms with Gasteiger partial charge in [-0.3, -0.25) is 14.9 Å². The van der Waals surface area contributed by atoms with E-state index in [1.807, 2.05) is 24.3 Å². The van der Waals surface area contributed by atoms with E-state index in [2.05, 4.69) is 15.5 Å². The van der Waals surface area contributed by atoms with Crippen LogP contribution in [0.5, 0.6) is 5.75 Å². The Morgan fingerprint density at radius 2 is 2.00 bits per heavy atom. The molecule has 0 bridgehead atoms. The van der Waals surface area contributed by atoms with Gasteiger partial charge in [-0.05, 0) is 30.3 Å². The molecule has 11 heteroatoms. The predicted molar refractivity (Wildman–Crippen MR) is 110 cm³/mol. The largest absolute Gasteiger partial charge is 0.497 e. The third kappa shape index (κ3) is 4.84. The maximum atomic E-state index is 12.2. The molecule has 0 saturated heterocycles. The van der Waals surface area contributed by atoms with Gasteiger partial charge in [-0.2, -0.15) is 0 Å². The van der Waals surface area contributed by atoms with Crippen LogP contribution in [-0.2, 0) is 11.8 Å². The Morgan fingerprint density at radius 3 is 2.66 bits per heavy atom. The smallest absolute Gasteiger partial charge is 0.271 e. The van der Waals surface area contributed by atoms with E-state index < -0.39 is 4.92 Å². The molecule has 0 atom stereocenters. The number of thioether (sulfide) groups is 1. The Hall–Kier alpha value is -3.11. The van der Waals surface area contributed by atoms with Crippen LogP contribution in [0.2, 0.25) is 5.02 Å². The predicted octanol–water partition coefficient (Wildman–Crippen LogP) is 3.78. The highest BCUT2D eigenvalue weighted by Gasteiger charge is 2.15. The fraction of sp³-hybridized carbons (Fsp3) is 0.167. The van der Waals surface area contributed by atoms with Gasteiger partial charge in [-0.25, -0.2) is 0 Å². The summed E-state index contributed by atoms with van der Waals surface area (Å²) >= 11 is 7.19. The highest BCUT2D eigenvalue weighted by molar-refractivity contribution is 7.99. The van der Waals surface area contributed by atoms with E-state index in [-0.39, 0.29) is 28.1 Å². The highest BCUT2D eigenvalue weighted by atomic mass is 35.5. The number of halogens is 1. The molecule has 29 heavy (non-hydrogen) atoms. The van der Waals surface area contributed by atoms with E-state index in [4.69, 9.17) is 16.3 Å². The summed E-state index contributed by atoms with van der Waals surface area (Å²) in [4.78, 5) is 22.6. The molecule has 0 aliphatic rings. The van der Waals surface area contributed by atoms with E-state index >= 15 is 0 Å². The maximum Gasteiger partial charge on any atom is 0.271 e. The molecule has 0 unspecified atom stereocenters. The van der Waals surface area contributed by atoms with Gasteiger partial charge in [-0.1, -0.05) is 23.4 Å². The minimum Gasteiger partial charge on any atom is -0.497 e. The lowest BCUT2D eigenvalue weighted by atomic mass is 10.2. The molecule has 0 aliphatic carbocycles. The summed E-state index contributed by atoms with van der Waals surface area (Å²) < 4.78 is 6.92. The SMILES string of the molecule is COc1ccc(-c2nnc(SCC(=O)Nc3cc([N+](=O)[O-])ccc3Cl)n2C)cc1. The maximum absolute atomic E-state index is 12.2. The van der Waals surface area contributed by atoms with Crippen molar-refractivity contribution in [2.45, 2.75) is 5.16 Å². The molecule has 0 fully saturated rings. The Kier molecular flexibility index (Phi) is 6.35. The summed E-state index contributed by atoms with van der Waals surface area (Å²) in [6.45, 7) is 0.